The van der Waals surface area contributed by atoms with Crippen LogP contribution in [0.1, 0.15) is 34.6 Å². The van der Waals surface area contributed by atoms with Crippen LogP contribution in [0.15, 0.2) is 89.8 Å². The lowest BCUT2D eigenvalue weighted by Crippen LogP contribution is -2.39. The smallest absolute Gasteiger partial charge is 0.270 e. The van der Waals surface area contributed by atoms with Crippen LogP contribution in [0, 0.1) is 13.8 Å². The molecule has 0 radical (unpaired) electrons. The van der Waals surface area contributed by atoms with E-state index < -0.39 is 15.9 Å². The molecule has 0 unspecified atom stereocenters. The molecule has 0 bridgehead atoms. The first-order valence-electron chi connectivity index (χ1n) is 9.85. The molecule has 0 saturated carbocycles. The highest BCUT2D eigenvalue weighted by molar-refractivity contribution is 7.90. The number of hydrogen-bond donors (Lipinski definition) is 0. The van der Waals surface area contributed by atoms with Crippen molar-refractivity contribution in [1.82, 2.24) is 4.31 Å². The van der Waals surface area contributed by atoms with Crippen molar-refractivity contribution >= 4 is 21.6 Å². The van der Waals surface area contributed by atoms with Gasteiger partial charge in [-0.1, -0.05) is 78.4 Å². The van der Waals surface area contributed by atoms with E-state index in [4.69, 9.17) is 0 Å². The fourth-order valence-corrected chi connectivity index (χ4v) is 5.29. The second-order valence-electron chi connectivity index (χ2n) is 7.56. The van der Waals surface area contributed by atoms with E-state index in [9.17, 15) is 13.2 Å². The first kappa shape index (κ1) is 20.1. The maximum absolute atomic E-state index is 13.5. The van der Waals surface area contributed by atoms with Gasteiger partial charge in [0.05, 0.1) is 10.6 Å². The predicted molar refractivity (Wildman–Crippen MR) is 118 cm³/mol. The van der Waals surface area contributed by atoms with Crippen molar-refractivity contribution in [2.24, 2.45) is 0 Å². The third kappa shape index (κ3) is 3.68. The Bertz CT molecular complexity index is 1210. The van der Waals surface area contributed by atoms with E-state index in [-0.39, 0.29) is 17.2 Å². The minimum atomic E-state index is -4.03. The van der Waals surface area contributed by atoms with E-state index in [1.54, 1.807) is 24.3 Å². The van der Waals surface area contributed by atoms with Gasteiger partial charge in [0.2, 0.25) is 5.91 Å². The summed E-state index contributed by atoms with van der Waals surface area (Å²) in [4.78, 5) is 13.4. The van der Waals surface area contributed by atoms with Crippen LogP contribution in [-0.2, 0) is 14.8 Å². The number of carbonyl (C=O) groups excluding carboxylic acids is 1. The number of hydrogen-bond acceptors (Lipinski definition) is 3. The molecule has 0 fully saturated rings. The molecule has 3 aromatic carbocycles. The second-order valence-corrected chi connectivity index (χ2v) is 9.35. The Morgan fingerprint density at radius 1 is 0.833 bits per heavy atom. The highest BCUT2D eigenvalue weighted by atomic mass is 32.2. The minimum Gasteiger partial charge on any atom is -0.273 e. The normalized spacial score (nSPS) is 17.0. The lowest BCUT2D eigenvalue weighted by molar-refractivity contribution is -0.124. The van der Waals surface area contributed by atoms with Crippen molar-refractivity contribution < 1.29 is 13.2 Å². The van der Waals surface area contributed by atoms with Gasteiger partial charge < -0.3 is 0 Å². The highest BCUT2D eigenvalue weighted by Gasteiger charge is 2.38. The molecule has 1 aliphatic heterocycles. The zero-order valence-corrected chi connectivity index (χ0v) is 17.8. The molecule has 0 N–H and O–H groups in total. The molecule has 0 saturated heterocycles. The molecule has 3 aromatic rings. The van der Waals surface area contributed by atoms with E-state index in [1.165, 1.54) is 0 Å². The molecule has 30 heavy (non-hydrogen) atoms. The molecule has 1 atom stereocenters. The van der Waals surface area contributed by atoms with Crippen molar-refractivity contribution in [3.8, 4) is 0 Å². The van der Waals surface area contributed by atoms with Gasteiger partial charge >= 0.3 is 0 Å². The summed E-state index contributed by atoms with van der Waals surface area (Å²) in [5.41, 5.74) is 4.17. The lowest BCUT2D eigenvalue weighted by Gasteiger charge is -2.32. The van der Waals surface area contributed by atoms with Crippen molar-refractivity contribution in [1.29, 1.82) is 0 Å². The topological polar surface area (TPSA) is 54.5 Å². The molecule has 1 amide bonds. The van der Waals surface area contributed by atoms with Gasteiger partial charge in [0.1, 0.15) is 0 Å². The fraction of sp³-hybridized carbons (Fsp3) is 0.160. The number of benzene rings is 3. The summed E-state index contributed by atoms with van der Waals surface area (Å²) in [6, 6.07) is 23.7. The first-order valence-corrected chi connectivity index (χ1v) is 11.3. The Balaban J connectivity index is 1.87. The largest absolute Gasteiger partial charge is 0.273 e. The van der Waals surface area contributed by atoms with Crippen LogP contribution in [0.2, 0.25) is 0 Å². The second kappa shape index (κ2) is 7.92. The molecule has 152 valence electrons. The standard InChI is InChI=1S/C25H23NO3S/c1-18-12-14-22(15-13-18)30(28,29)26-24(20-9-4-3-5-10-20)16-21(17-25(26)27)23-11-7-6-8-19(23)2/h3-16,21H,17H2,1-2H3/t21-/m1/s1. The summed E-state index contributed by atoms with van der Waals surface area (Å²) in [5, 5.41) is 0. The number of carbonyl (C=O) groups is 1. The van der Waals surface area contributed by atoms with E-state index in [0.717, 1.165) is 21.0 Å². The zero-order valence-electron chi connectivity index (χ0n) is 16.9. The van der Waals surface area contributed by atoms with Crippen molar-refractivity contribution in [2.45, 2.75) is 31.1 Å². The Labute approximate surface area is 177 Å². The Morgan fingerprint density at radius 3 is 2.13 bits per heavy atom. The summed E-state index contributed by atoms with van der Waals surface area (Å²) in [6.45, 7) is 3.90. The van der Waals surface area contributed by atoms with Crippen molar-refractivity contribution in [2.75, 3.05) is 0 Å². The number of sulfonamides is 1. The minimum absolute atomic E-state index is 0.103. The summed E-state index contributed by atoms with van der Waals surface area (Å²) in [5.74, 6) is -0.608. The summed E-state index contributed by atoms with van der Waals surface area (Å²) >= 11 is 0. The average Bonchev–Trinajstić information content (AvgIpc) is 2.74. The van der Waals surface area contributed by atoms with Gasteiger partial charge in [-0.15, -0.1) is 0 Å². The quantitative estimate of drug-likeness (QED) is 0.597. The first-order chi connectivity index (χ1) is 14.4. The SMILES string of the molecule is Cc1ccc(S(=O)(=O)N2C(=O)C[C@H](c3ccccc3C)C=C2c2ccccc2)cc1. The van der Waals surface area contributed by atoms with E-state index in [2.05, 4.69) is 0 Å². The van der Waals surface area contributed by atoms with Crippen LogP contribution in [0.4, 0.5) is 0 Å². The molecule has 1 heterocycles. The van der Waals surface area contributed by atoms with Crippen molar-refractivity contribution in [3.63, 3.8) is 0 Å². The summed E-state index contributed by atoms with van der Waals surface area (Å²) in [7, 11) is -4.03. The maximum Gasteiger partial charge on any atom is 0.270 e. The van der Waals surface area contributed by atoms with E-state index in [0.29, 0.717) is 11.3 Å². The molecule has 1 aliphatic rings. The molecule has 0 aliphatic carbocycles. The lowest BCUT2D eigenvalue weighted by atomic mass is 9.88. The third-order valence-corrected chi connectivity index (χ3v) is 7.16. The van der Waals surface area contributed by atoms with Gasteiger partial charge in [0.25, 0.3) is 10.0 Å². The van der Waals surface area contributed by atoms with E-state index >= 15 is 0 Å². The van der Waals surface area contributed by atoms with Crippen LogP contribution >= 0.6 is 0 Å². The molecule has 5 heteroatoms. The van der Waals surface area contributed by atoms with Gasteiger partial charge in [-0.05, 0) is 42.7 Å². The van der Waals surface area contributed by atoms with Gasteiger partial charge in [0, 0.05) is 12.3 Å². The predicted octanol–water partition coefficient (Wildman–Crippen LogP) is 5.05. The number of rotatable bonds is 4. The number of allylic oxidation sites excluding steroid dienone is 1. The number of aryl methyl sites for hydroxylation is 2. The maximum atomic E-state index is 13.5. The number of nitrogens with zero attached hydrogens (tertiary/aromatic N) is 1. The van der Waals surface area contributed by atoms with Gasteiger partial charge in [0.15, 0.2) is 0 Å². The highest BCUT2D eigenvalue weighted by Crippen LogP contribution is 2.38. The van der Waals surface area contributed by atoms with Crippen LogP contribution in [0.5, 0.6) is 0 Å². The summed E-state index contributed by atoms with van der Waals surface area (Å²) < 4.78 is 27.9. The molecular formula is C25H23NO3S. The van der Waals surface area contributed by atoms with Crippen LogP contribution in [0.3, 0.4) is 0 Å². The Kier molecular flexibility index (Phi) is 5.31. The Hall–Kier alpha value is -3.18. The van der Waals surface area contributed by atoms with Gasteiger partial charge in [-0.25, -0.2) is 12.7 Å². The van der Waals surface area contributed by atoms with Gasteiger partial charge in [-0.2, -0.15) is 0 Å². The fourth-order valence-electron chi connectivity index (χ4n) is 3.83. The monoisotopic (exact) mass is 417 g/mol. The molecule has 4 rings (SSSR count). The number of amides is 1. The molecule has 4 nitrogen and oxygen atoms in total. The molecular weight excluding hydrogens is 394 g/mol. The van der Waals surface area contributed by atoms with Crippen LogP contribution in [-0.4, -0.2) is 18.6 Å². The van der Waals surface area contributed by atoms with Crippen LogP contribution in [0.25, 0.3) is 5.70 Å². The zero-order chi connectivity index (χ0) is 21.3. The average molecular weight is 418 g/mol. The van der Waals surface area contributed by atoms with Crippen molar-refractivity contribution in [3.05, 3.63) is 107 Å². The van der Waals surface area contributed by atoms with Gasteiger partial charge in [-0.3, -0.25) is 4.79 Å². The van der Waals surface area contributed by atoms with E-state index in [1.807, 2.05) is 74.5 Å². The third-order valence-electron chi connectivity index (χ3n) is 5.42. The molecule has 0 spiro atoms. The summed E-state index contributed by atoms with van der Waals surface area (Å²) in [6.07, 6.45) is 2.01. The Morgan fingerprint density at radius 2 is 1.47 bits per heavy atom. The van der Waals surface area contributed by atoms with Crippen LogP contribution < -0.4 is 0 Å². The molecule has 0 aromatic heterocycles.